The van der Waals surface area contributed by atoms with Crippen molar-refractivity contribution >= 4 is 11.6 Å². The second kappa shape index (κ2) is 3.16. The molecular formula is C12H16ClN3O. The van der Waals surface area contributed by atoms with Crippen LogP contribution in [-0.2, 0) is 5.54 Å². The maximum atomic E-state index is 11.9. The van der Waals surface area contributed by atoms with Crippen LogP contribution in [0.15, 0.2) is 4.79 Å². The third-order valence-electron chi connectivity index (χ3n) is 5.05. The molecule has 4 nitrogen and oxygen atoms in total. The molecule has 4 saturated carbocycles. The highest BCUT2D eigenvalue weighted by molar-refractivity contribution is 6.28. The van der Waals surface area contributed by atoms with Gasteiger partial charge >= 0.3 is 5.69 Å². The molecule has 4 aliphatic rings. The standard InChI is InChI=1S/C12H16ClN3O/c13-10-14-11(17)16(15-10)12-4-7-1-8(5-12)3-9(2-7)6-12/h7-9H,1-6H2,(H,14,15,17). The lowest BCUT2D eigenvalue weighted by atomic mass is 9.53. The maximum Gasteiger partial charge on any atom is 0.344 e. The van der Waals surface area contributed by atoms with Gasteiger partial charge in [-0.25, -0.2) is 9.48 Å². The molecule has 5 rings (SSSR count). The van der Waals surface area contributed by atoms with Crippen LogP contribution < -0.4 is 5.69 Å². The molecule has 0 radical (unpaired) electrons. The van der Waals surface area contributed by atoms with Crippen molar-refractivity contribution < 1.29 is 0 Å². The summed E-state index contributed by atoms with van der Waals surface area (Å²) in [5, 5.41) is 4.44. The molecule has 1 aromatic heterocycles. The van der Waals surface area contributed by atoms with E-state index in [0.29, 0.717) is 0 Å². The summed E-state index contributed by atoms with van der Waals surface area (Å²) in [6, 6.07) is 0. The third kappa shape index (κ3) is 1.36. The van der Waals surface area contributed by atoms with Crippen molar-refractivity contribution in [2.75, 3.05) is 0 Å². The molecule has 5 heteroatoms. The van der Waals surface area contributed by atoms with E-state index in [9.17, 15) is 4.79 Å². The summed E-state index contributed by atoms with van der Waals surface area (Å²) in [5.74, 6) is 2.43. The number of aromatic nitrogens is 3. The summed E-state index contributed by atoms with van der Waals surface area (Å²) in [4.78, 5) is 14.5. The van der Waals surface area contributed by atoms with Gasteiger partial charge in [-0.3, -0.25) is 4.98 Å². The van der Waals surface area contributed by atoms with Crippen LogP contribution in [0.3, 0.4) is 0 Å². The van der Waals surface area contributed by atoms with E-state index in [1.807, 2.05) is 0 Å². The van der Waals surface area contributed by atoms with E-state index in [-0.39, 0.29) is 16.5 Å². The molecule has 0 aromatic carbocycles. The first-order chi connectivity index (χ1) is 8.14. The fourth-order valence-corrected chi connectivity index (χ4v) is 5.10. The first kappa shape index (κ1) is 10.2. The van der Waals surface area contributed by atoms with Crippen molar-refractivity contribution in [2.45, 2.75) is 44.1 Å². The minimum absolute atomic E-state index is 0.0184. The van der Waals surface area contributed by atoms with Crippen LogP contribution >= 0.6 is 11.6 Å². The summed E-state index contributed by atoms with van der Waals surface area (Å²) in [7, 11) is 0. The zero-order chi connectivity index (χ0) is 11.6. The Kier molecular flexibility index (Phi) is 1.89. The van der Waals surface area contributed by atoms with Crippen molar-refractivity contribution in [3.8, 4) is 0 Å². The van der Waals surface area contributed by atoms with E-state index < -0.39 is 0 Å². The fourth-order valence-electron chi connectivity index (χ4n) is 4.95. The van der Waals surface area contributed by atoms with Gasteiger partial charge in [0.1, 0.15) is 0 Å². The molecule has 0 amide bonds. The second-order valence-electron chi connectivity index (χ2n) is 6.27. The summed E-state index contributed by atoms with van der Waals surface area (Å²) in [6.45, 7) is 0. The predicted molar refractivity (Wildman–Crippen MR) is 64.0 cm³/mol. The smallest absolute Gasteiger partial charge is 0.279 e. The summed E-state index contributed by atoms with van der Waals surface area (Å²) in [5.41, 5.74) is -0.146. The normalized spacial score (nSPS) is 43.2. The monoisotopic (exact) mass is 253 g/mol. The summed E-state index contributed by atoms with van der Waals surface area (Å²) in [6.07, 6.45) is 7.48. The molecule has 4 fully saturated rings. The number of rotatable bonds is 1. The van der Waals surface area contributed by atoms with Crippen molar-refractivity contribution in [1.82, 2.24) is 14.8 Å². The van der Waals surface area contributed by atoms with E-state index >= 15 is 0 Å². The number of aromatic amines is 1. The van der Waals surface area contributed by atoms with Gasteiger partial charge in [0.15, 0.2) is 0 Å². The predicted octanol–water partition coefficient (Wildman–Crippen LogP) is 2.15. The van der Waals surface area contributed by atoms with Gasteiger partial charge < -0.3 is 0 Å². The molecular weight excluding hydrogens is 238 g/mol. The highest BCUT2D eigenvalue weighted by Gasteiger charge is 2.53. The van der Waals surface area contributed by atoms with Crippen molar-refractivity contribution in [2.24, 2.45) is 17.8 Å². The molecule has 0 saturated heterocycles. The largest absolute Gasteiger partial charge is 0.344 e. The van der Waals surface area contributed by atoms with Crippen LogP contribution in [-0.4, -0.2) is 14.8 Å². The lowest BCUT2D eigenvalue weighted by Crippen LogP contribution is -2.54. The van der Waals surface area contributed by atoms with E-state index in [2.05, 4.69) is 10.1 Å². The number of halogens is 1. The molecule has 92 valence electrons. The second-order valence-corrected chi connectivity index (χ2v) is 6.63. The highest BCUT2D eigenvalue weighted by atomic mass is 35.5. The van der Waals surface area contributed by atoms with Crippen LogP contribution in [0.5, 0.6) is 0 Å². The third-order valence-corrected chi connectivity index (χ3v) is 5.22. The van der Waals surface area contributed by atoms with Crippen LogP contribution in [0, 0.1) is 17.8 Å². The molecule has 0 unspecified atom stereocenters. The Balaban J connectivity index is 1.82. The maximum absolute atomic E-state index is 11.9. The number of hydrogen-bond acceptors (Lipinski definition) is 2. The van der Waals surface area contributed by atoms with Gasteiger partial charge in [0.2, 0.25) is 5.28 Å². The Hall–Kier alpha value is -0.770. The zero-order valence-corrected chi connectivity index (χ0v) is 10.4. The number of nitrogens with zero attached hydrogens (tertiary/aromatic N) is 2. The minimum Gasteiger partial charge on any atom is -0.279 e. The van der Waals surface area contributed by atoms with Gasteiger partial charge in [0.25, 0.3) is 0 Å². The quantitative estimate of drug-likeness (QED) is 0.834. The van der Waals surface area contributed by atoms with E-state index in [0.717, 1.165) is 37.0 Å². The minimum atomic E-state index is -0.128. The van der Waals surface area contributed by atoms with Gasteiger partial charge in [-0.05, 0) is 67.9 Å². The van der Waals surface area contributed by atoms with Gasteiger partial charge in [-0.1, -0.05) is 0 Å². The van der Waals surface area contributed by atoms with Crippen molar-refractivity contribution in [3.63, 3.8) is 0 Å². The number of hydrogen-bond donors (Lipinski definition) is 1. The zero-order valence-electron chi connectivity index (χ0n) is 9.66. The van der Waals surface area contributed by atoms with E-state index in [1.54, 1.807) is 4.68 Å². The number of nitrogens with one attached hydrogen (secondary N) is 1. The summed E-state index contributed by atoms with van der Waals surface area (Å²) < 4.78 is 1.67. The molecule has 0 atom stereocenters. The molecule has 0 aliphatic heterocycles. The van der Waals surface area contributed by atoms with Crippen LogP contribution in [0.2, 0.25) is 5.28 Å². The molecule has 0 spiro atoms. The van der Waals surface area contributed by atoms with Crippen LogP contribution in [0.4, 0.5) is 0 Å². The van der Waals surface area contributed by atoms with Crippen LogP contribution in [0.1, 0.15) is 38.5 Å². The first-order valence-electron chi connectivity index (χ1n) is 6.50. The topological polar surface area (TPSA) is 50.7 Å². The Labute approximate surface area is 104 Å². The molecule has 4 bridgehead atoms. The van der Waals surface area contributed by atoms with Gasteiger partial charge in [0.05, 0.1) is 5.54 Å². The Morgan fingerprint density at radius 2 is 1.71 bits per heavy atom. The first-order valence-corrected chi connectivity index (χ1v) is 6.88. The molecule has 1 heterocycles. The summed E-state index contributed by atoms with van der Waals surface area (Å²) >= 11 is 5.82. The average molecular weight is 254 g/mol. The molecule has 1 N–H and O–H groups in total. The van der Waals surface area contributed by atoms with Gasteiger partial charge in [-0.2, -0.15) is 0 Å². The molecule has 4 aliphatic carbocycles. The fraction of sp³-hybridized carbons (Fsp3) is 0.833. The molecule has 17 heavy (non-hydrogen) atoms. The Morgan fingerprint density at radius 3 is 2.12 bits per heavy atom. The van der Waals surface area contributed by atoms with E-state index in [1.165, 1.54) is 19.3 Å². The van der Waals surface area contributed by atoms with Gasteiger partial charge in [0, 0.05) is 0 Å². The Morgan fingerprint density at radius 1 is 1.18 bits per heavy atom. The average Bonchev–Trinajstić information content (AvgIpc) is 2.56. The SMILES string of the molecule is O=c1[nH]c(Cl)nn1C12CC3CC(CC(C3)C1)C2. The number of H-pyrrole nitrogens is 1. The van der Waals surface area contributed by atoms with Crippen molar-refractivity contribution in [1.29, 1.82) is 0 Å². The Bertz CT molecular complexity index is 483. The lowest BCUT2D eigenvalue weighted by Gasteiger charge is -2.56. The van der Waals surface area contributed by atoms with Crippen LogP contribution in [0.25, 0.3) is 0 Å². The molecule has 1 aromatic rings. The lowest BCUT2D eigenvalue weighted by molar-refractivity contribution is -0.0512. The van der Waals surface area contributed by atoms with E-state index in [4.69, 9.17) is 11.6 Å². The highest BCUT2D eigenvalue weighted by Crippen LogP contribution is 2.58. The van der Waals surface area contributed by atoms with Crippen molar-refractivity contribution in [3.05, 3.63) is 15.8 Å². The van der Waals surface area contributed by atoms with Gasteiger partial charge in [-0.15, -0.1) is 5.10 Å².